The lowest BCUT2D eigenvalue weighted by atomic mass is 10.2. The summed E-state index contributed by atoms with van der Waals surface area (Å²) in [5.41, 5.74) is 0.572. The number of fused-ring (bicyclic) bond motifs is 1. The van der Waals surface area contributed by atoms with Gasteiger partial charge in [-0.1, -0.05) is 11.3 Å². The minimum absolute atomic E-state index is 0.0207. The van der Waals surface area contributed by atoms with Crippen LogP contribution in [0.4, 0.5) is 10.8 Å². The third-order valence-electron chi connectivity index (χ3n) is 2.38. The summed E-state index contributed by atoms with van der Waals surface area (Å²) in [6, 6.07) is 3.02. The summed E-state index contributed by atoms with van der Waals surface area (Å²) in [4.78, 5) is 25.7. The average Bonchev–Trinajstić information content (AvgIpc) is 2.66. The van der Waals surface area contributed by atoms with Gasteiger partial charge in [0.15, 0.2) is 16.4 Å². The number of carbonyl (C=O) groups excluding carboxylic acids is 1. The minimum atomic E-state index is -4.45. The first-order valence-corrected chi connectivity index (χ1v) is 7.89. The zero-order chi connectivity index (χ0) is 15.8. The van der Waals surface area contributed by atoms with Crippen molar-refractivity contribution in [3.8, 4) is 0 Å². The molecule has 1 heterocycles. The fourth-order valence-electron chi connectivity index (χ4n) is 1.66. The molecule has 112 valence electrons. The number of nitro groups is 1. The number of nitro benzene ring substituents is 1. The van der Waals surface area contributed by atoms with E-state index in [9.17, 15) is 23.3 Å². The molecule has 0 aliphatic rings. The topological polar surface area (TPSA) is 139 Å². The van der Waals surface area contributed by atoms with Crippen molar-refractivity contribution < 1.29 is 22.7 Å². The smallest absolute Gasteiger partial charge is 0.296 e. The molecule has 0 fully saturated rings. The molecular formula is C10H9N3O6S2. The third-order valence-corrected chi connectivity index (χ3v) is 3.92. The molecule has 0 aliphatic carbocycles. The van der Waals surface area contributed by atoms with E-state index in [1.54, 1.807) is 13.0 Å². The molecule has 0 radical (unpaired) electrons. The number of benzene rings is 1. The largest absolute Gasteiger partial charge is 0.301 e. The molecule has 0 atom stereocenters. The van der Waals surface area contributed by atoms with E-state index in [0.29, 0.717) is 10.3 Å². The number of aromatic nitrogens is 1. The number of anilines is 1. The maximum absolute atomic E-state index is 11.4. The highest BCUT2D eigenvalue weighted by atomic mass is 32.2. The molecule has 0 bridgehead atoms. The lowest BCUT2D eigenvalue weighted by Crippen LogP contribution is -2.22. The number of carbonyl (C=O) groups is 1. The van der Waals surface area contributed by atoms with Crippen molar-refractivity contribution in [2.75, 3.05) is 11.1 Å². The van der Waals surface area contributed by atoms with E-state index in [1.807, 2.05) is 0 Å². The van der Waals surface area contributed by atoms with E-state index in [2.05, 4.69) is 10.3 Å². The maximum atomic E-state index is 11.4. The number of aryl methyl sites for hydroxylation is 1. The maximum Gasteiger partial charge on any atom is 0.296 e. The van der Waals surface area contributed by atoms with Crippen LogP contribution in [0, 0.1) is 17.0 Å². The number of hydrogen-bond donors (Lipinski definition) is 2. The van der Waals surface area contributed by atoms with Crippen molar-refractivity contribution >= 4 is 48.4 Å². The lowest BCUT2D eigenvalue weighted by molar-refractivity contribution is -0.383. The Hall–Kier alpha value is -2.11. The first-order valence-electron chi connectivity index (χ1n) is 5.46. The summed E-state index contributed by atoms with van der Waals surface area (Å²) in [7, 11) is -4.45. The SMILES string of the molecule is Cc1cc([N+](=O)[O-])c2nc(NC(=O)CS(=O)(=O)O)sc2c1. The Morgan fingerprint density at radius 1 is 1.52 bits per heavy atom. The van der Waals surface area contributed by atoms with Crippen molar-refractivity contribution in [1.82, 2.24) is 4.98 Å². The molecule has 0 aliphatic heterocycles. The van der Waals surface area contributed by atoms with Gasteiger partial charge in [-0.15, -0.1) is 0 Å². The van der Waals surface area contributed by atoms with Gasteiger partial charge in [-0.05, 0) is 18.6 Å². The summed E-state index contributed by atoms with van der Waals surface area (Å²) in [6.45, 7) is 1.68. The molecule has 0 unspecified atom stereocenters. The Kier molecular flexibility index (Phi) is 3.89. The van der Waals surface area contributed by atoms with Gasteiger partial charge in [0.05, 0.1) is 9.62 Å². The van der Waals surface area contributed by atoms with Crippen LogP contribution in [0.2, 0.25) is 0 Å². The Labute approximate surface area is 122 Å². The number of non-ortho nitro benzene ring substituents is 1. The second-order valence-corrected chi connectivity index (χ2v) is 6.66. The molecule has 2 aromatic rings. The number of amides is 1. The van der Waals surface area contributed by atoms with Crippen LogP contribution in [0.3, 0.4) is 0 Å². The summed E-state index contributed by atoms with van der Waals surface area (Å²) in [6.07, 6.45) is 0. The van der Waals surface area contributed by atoms with Crippen LogP contribution in [-0.2, 0) is 14.9 Å². The molecule has 21 heavy (non-hydrogen) atoms. The van der Waals surface area contributed by atoms with Crippen LogP contribution < -0.4 is 5.32 Å². The predicted octanol–water partition coefficient (Wildman–Crippen LogP) is 1.34. The van der Waals surface area contributed by atoms with E-state index >= 15 is 0 Å². The van der Waals surface area contributed by atoms with Gasteiger partial charge in [0.1, 0.15) is 0 Å². The minimum Gasteiger partial charge on any atom is -0.301 e. The first-order chi connectivity index (χ1) is 9.65. The van der Waals surface area contributed by atoms with Gasteiger partial charge in [0.25, 0.3) is 15.8 Å². The second-order valence-electron chi connectivity index (χ2n) is 4.18. The van der Waals surface area contributed by atoms with Gasteiger partial charge in [-0.3, -0.25) is 19.5 Å². The fraction of sp³-hybridized carbons (Fsp3) is 0.200. The van der Waals surface area contributed by atoms with E-state index in [0.717, 1.165) is 11.3 Å². The van der Waals surface area contributed by atoms with Gasteiger partial charge in [-0.2, -0.15) is 8.42 Å². The summed E-state index contributed by atoms with van der Waals surface area (Å²) in [5.74, 6) is -2.08. The number of thiazole rings is 1. The summed E-state index contributed by atoms with van der Waals surface area (Å²) >= 11 is 0.973. The van der Waals surface area contributed by atoms with Crippen LogP contribution >= 0.6 is 11.3 Å². The molecule has 0 saturated heterocycles. The Morgan fingerprint density at radius 2 is 2.19 bits per heavy atom. The van der Waals surface area contributed by atoms with Crippen molar-refractivity contribution in [1.29, 1.82) is 0 Å². The first kappa shape index (κ1) is 15.3. The van der Waals surface area contributed by atoms with Crippen molar-refractivity contribution in [2.45, 2.75) is 6.92 Å². The quantitative estimate of drug-likeness (QED) is 0.489. The van der Waals surface area contributed by atoms with Gasteiger partial charge in [-0.25, -0.2) is 4.98 Å². The van der Waals surface area contributed by atoms with Gasteiger partial charge >= 0.3 is 0 Å². The molecule has 0 spiro atoms. The van der Waals surface area contributed by atoms with Gasteiger partial charge in [0, 0.05) is 6.07 Å². The number of nitrogens with zero attached hydrogens (tertiary/aromatic N) is 2. The molecular weight excluding hydrogens is 322 g/mol. The van der Waals surface area contributed by atoms with E-state index in [-0.39, 0.29) is 16.3 Å². The molecule has 1 amide bonds. The van der Waals surface area contributed by atoms with Gasteiger partial charge in [0.2, 0.25) is 5.91 Å². The highest BCUT2D eigenvalue weighted by Crippen LogP contribution is 2.33. The van der Waals surface area contributed by atoms with Crippen LogP contribution in [-0.4, -0.2) is 34.5 Å². The number of hydrogen-bond acceptors (Lipinski definition) is 7. The molecule has 2 rings (SSSR count). The normalized spacial score (nSPS) is 11.5. The molecule has 11 heteroatoms. The average molecular weight is 331 g/mol. The number of nitrogens with one attached hydrogen (secondary N) is 1. The zero-order valence-corrected chi connectivity index (χ0v) is 12.2. The van der Waals surface area contributed by atoms with Crippen LogP contribution in [0.15, 0.2) is 12.1 Å². The van der Waals surface area contributed by atoms with Crippen LogP contribution in [0.5, 0.6) is 0 Å². The zero-order valence-electron chi connectivity index (χ0n) is 10.6. The molecule has 1 aromatic carbocycles. The van der Waals surface area contributed by atoms with E-state index < -0.39 is 26.7 Å². The molecule has 2 N–H and O–H groups in total. The van der Waals surface area contributed by atoms with E-state index in [4.69, 9.17) is 4.55 Å². The Morgan fingerprint density at radius 3 is 2.76 bits per heavy atom. The van der Waals surface area contributed by atoms with Crippen molar-refractivity contribution in [3.63, 3.8) is 0 Å². The van der Waals surface area contributed by atoms with Gasteiger partial charge < -0.3 is 5.32 Å². The van der Waals surface area contributed by atoms with Crippen LogP contribution in [0.1, 0.15) is 5.56 Å². The number of rotatable bonds is 4. The van der Waals surface area contributed by atoms with Crippen molar-refractivity contribution in [2.24, 2.45) is 0 Å². The highest BCUT2D eigenvalue weighted by molar-refractivity contribution is 7.86. The molecule has 9 nitrogen and oxygen atoms in total. The summed E-state index contributed by atoms with van der Waals surface area (Å²) in [5, 5.41) is 13.2. The van der Waals surface area contributed by atoms with E-state index in [1.165, 1.54) is 6.07 Å². The third kappa shape index (κ3) is 3.71. The fourth-order valence-corrected chi connectivity index (χ4v) is 3.06. The van der Waals surface area contributed by atoms with Crippen molar-refractivity contribution in [3.05, 3.63) is 27.8 Å². The molecule has 0 saturated carbocycles. The second kappa shape index (κ2) is 5.35. The lowest BCUT2D eigenvalue weighted by Gasteiger charge is -1.97. The Bertz CT molecular complexity index is 842. The van der Waals surface area contributed by atoms with Crippen LogP contribution in [0.25, 0.3) is 10.2 Å². The Balaban J connectivity index is 2.37. The monoisotopic (exact) mass is 331 g/mol. The summed E-state index contributed by atoms with van der Waals surface area (Å²) < 4.78 is 30.2. The standard InChI is InChI=1S/C10H9N3O6S2/c1-5-2-6(13(15)16)9-7(3-5)20-10(12-9)11-8(14)4-21(17,18)19/h2-3H,4H2,1H3,(H,11,12,14)(H,17,18,19). The predicted molar refractivity (Wildman–Crippen MR) is 76.1 cm³/mol. The molecule has 1 aromatic heterocycles. The highest BCUT2D eigenvalue weighted by Gasteiger charge is 2.19.